The monoisotopic (exact) mass is 281 g/mol. The van der Waals surface area contributed by atoms with Crippen molar-refractivity contribution < 1.29 is 14.7 Å². The van der Waals surface area contributed by atoms with Gasteiger partial charge in [0.1, 0.15) is 5.69 Å². The van der Waals surface area contributed by atoms with Crippen LogP contribution in [0.2, 0.25) is 0 Å². The number of hydrogen-bond acceptors (Lipinski definition) is 3. The number of amides is 1. The van der Waals surface area contributed by atoms with Crippen molar-refractivity contribution >= 4 is 11.9 Å². The number of nitrogens with one attached hydrogen (secondary N) is 3. The van der Waals surface area contributed by atoms with Gasteiger partial charge in [-0.05, 0) is 18.3 Å². The zero-order valence-corrected chi connectivity index (χ0v) is 11.2. The van der Waals surface area contributed by atoms with E-state index in [0.717, 1.165) is 32.1 Å². The van der Waals surface area contributed by atoms with Gasteiger partial charge in [-0.2, -0.15) is 0 Å². The minimum Gasteiger partial charge on any atom is -0.481 e. The van der Waals surface area contributed by atoms with Gasteiger partial charge < -0.3 is 20.4 Å². The standard InChI is InChI=1S/C13H19N3O4/c17-10(18)6-13(4-2-1-3-5-13)8-15-11(19)9-7-14-12(20)16-9/h7H,1-6,8H2,(H,15,19)(H,17,18)(H2,14,16,20). The minimum absolute atomic E-state index is 0.0664. The molecule has 0 aliphatic heterocycles. The largest absolute Gasteiger partial charge is 0.481 e. The quantitative estimate of drug-likeness (QED) is 0.640. The van der Waals surface area contributed by atoms with Crippen LogP contribution in [0.25, 0.3) is 0 Å². The topological polar surface area (TPSA) is 115 Å². The molecular formula is C13H19N3O4. The Kier molecular flexibility index (Phi) is 4.26. The summed E-state index contributed by atoms with van der Waals surface area (Å²) in [6.45, 7) is 0.325. The van der Waals surface area contributed by atoms with Crippen LogP contribution in [-0.4, -0.2) is 33.5 Å². The Labute approximate surface area is 115 Å². The third-order valence-corrected chi connectivity index (χ3v) is 3.90. The van der Waals surface area contributed by atoms with E-state index in [0.29, 0.717) is 6.54 Å². The first-order chi connectivity index (χ1) is 9.51. The van der Waals surface area contributed by atoms with E-state index in [1.165, 1.54) is 6.20 Å². The number of carboxylic acids is 1. The van der Waals surface area contributed by atoms with Crippen molar-refractivity contribution in [3.63, 3.8) is 0 Å². The molecule has 4 N–H and O–H groups in total. The average molecular weight is 281 g/mol. The molecule has 0 radical (unpaired) electrons. The molecule has 1 saturated carbocycles. The van der Waals surface area contributed by atoms with Gasteiger partial charge >= 0.3 is 11.7 Å². The molecule has 1 fully saturated rings. The summed E-state index contributed by atoms with van der Waals surface area (Å²) >= 11 is 0. The molecule has 1 aliphatic carbocycles. The summed E-state index contributed by atoms with van der Waals surface area (Å²) < 4.78 is 0. The van der Waals surface area contributed by atoms with E-state index >= 15 is 0 Å². The van der Waals surface area contributed by atoms with Crippen molar-refractivity contribution in [3.05, 3.63) is 22.4 Å². The second-order valence-electron chi connectivity index (χ2n) is 5.47. The van der Waals surface area contributed by atoms with Crippen LogP contribution in [-0.2, 0) is 4.79 Å². The highest BCUT2D eigenvalue weighted by atomic mass is 16.4. The molecule has 0 spiro atoms. The highest BCUT2D eigenvalue weighted by Crippen LogP contribution is 2.38. The lowest BCUT2D eigenvalue weighted by Crippen LogP contribution is -2.40. The zero-order valence-electron chi connectivity index (χ0n) is 11.2. The molecule has 0 unspecified atom stereocenters. The van der Waals surface area contributed by atoms with Crippen LogP contribution in [0.5, 0.6) is 0 Å². The van der Waals surface area contributed by atoms with Crippen molar-refractivity contribution in [1.29, 1.82) is 0 Å². The molecule has 1 aromatic heterocycles. The molecule has 1 aliphatic rings. The van der Waals surface area contributed by atoms with Crippen LogP contribution in [0.3, 0.4) is 0 Å². The lowest BCUT2D eigenvalue weighted by Gasteiger charge is -2.36. The molecule has 0 saturated heterocycles. The number of H-pyrrole nitrogens is 2. The summed E-state index contributed by atoms with van der Waals surface area (Å²) in [4.78, 5) is 38.6. The van der Waals surface area contributed by atoms with E-state index in [1.807, 2.05) is 0 Å². The van der Waals surface area contributed by atoms with Crippen LogP contribution in [0, 0.1) is 5.41 Å². The molecule has 1 aromatic rings. The fraction of sp³-hybridized carbons (Fsp3) is 0.615. The third kappa shape index (κ3) is 3.49. The lowest BCUT2D eigenvalue weighted by molar-refractivity contribution is -0.140. The molecule has 2 rings (SSSR count). The summed E-state index contributed by atoms with van der Waals surface area (Å²) in [6, 6.07) is 0. The maximum absolute atomic E-state index is 11.9. The van der Waals surface area contributed by atoms with E-state index in [-0.39, 0.29) is 17.5 Å². The fourth-order valence-electron chi connectivity index (χ4n) is 2.86. The van der Waals surface area contributed by atoms with E-state index < -0.39 is 17.6 Å². The van der Waals surface area contributed by atoms with Gasteiger partial charge in [-0.25, -0.2) is 4.79 Å². The van der Waals surface area contributed by atoms with Crippen LogP contribution >= 0.6 is 0 Å². The van der Waals surface area contributed by atoms with Crippen molar-refractivity contribution in [1.82, 2.24) is 15.3 Å². The first-order valence-electron chi connectivity index (χ1n) is 6.78. The van der Waals surface area contributed by atoms with Gasteiger partial charge in [-0.1, -0.05) is 19.3 Å². The predicted molar refractivity (Wildman–Crippen MR) is 71.5 cm³/mol. The van der Waals surface area contributed by atoms with Gasteiger partial charge in [0.05, 0.1) is 6.42 Å². The molecular weight excluding hydrogens is 262 g/mol. The smallest absolute Gasteiger partial charge is 0.323 e. The molecule has 1 amide bonds. The van der Waals surface area contributed by atoms with Crippen LogP contribution in [0.1, 0.15) is 49.0 Å². The molecule has 0 aromatic carbocycles. The van der Waals surface area contributed by atoms with Gasteiger partial charge in [-0.15, -0.1) is 0 Å². The van der Waals surface area contributed by atoms with Gasteiger partial charge in [0.25, 0.3) is 5.91 Å². The lowest BCUT2D eigenvalue weighted by atomic mass is 9.71. The van der Waals surface area contributed by atoms with E-state index in [4.69, 9.17) is 5.11 Å². The van der Waals surface area contributed by atoms with Crippen LogP contribution < -0.4 is 11.0 Å². The van der Waals surface area contributed by atoms with Crippen LogP contribution in [0.4, 0.5) is 0 Å². The number of aromatic amines is 2. The van der Waals surface area contributed by atoms with Crippen molar-refractivity contribution in [2.75, 3.05) is 6.54 Å². The van der Waals surface area contributed by atoms with E-state index in [2.05, 4.69) is 15.3 Å². The Morgan fingerprint density at radius 1 is 1.30 bits per heavy atom. The normalized spacial score (nSPS) is 17.6. The van der Waals surface area contributed by atoms with Gasteiger partial charge in [0.2, 0.25) is 0 Å². The Hall–Kier alpha value is -2.05. The number of rotatable bonds is 5. The molecule has 0 atom stereocenters. The highest BCUT2D eigenvalue weighted by Gasteiger charge is 2.34. The summed E-state index contributed by atoms with van der Waals surface area (Å²) in [5.74, 6) is -1.23. The van der Waals surface area contributed by atoms with Crippen molar-refractivity contribution in [3.8, 4) is 0 Å². The van der Waals surface area contributed by atoms with Gasteiger partial charge in [0, 0.05) is 12.7 Å². The number of aliphatic carboxylic acids is 1. The SMILES string of the molecule is O=C(O)CC1(CNC(=O)c2c[nH]c(=O)[nH]2)CCCCC1. The zero-order chi connectivity index (χ0) is 14.6. The molecule has 20 heavy (non-hydrogen) atoms. The first kappa shape index (κ1) is 14.4. The number of carbonyl (C=O) groups excluding carboxylic acids is 1. The Bertz CT molecular complexity index is 540. The number of imidazole rings is 1. The minimum atomic E-state index is -0.837. The second kappa shape index (κ2) is 5.94. The second-order valence-corrected chi connectivity index (χ2v) is 5.47. The third-order valence-electron chi connectivity index (χ3n) is 3.90. The fourth-order valence-corrected chi connectivity index (χ4v) is 2.86. The van der Waals surface area contributed by atoms with Crippen molar-refractivity contribution in [2.45, 2.75) is 38.5 Å². The maximum atomic E-state index is 11.9. The Morgan fingerprint density at radius 2 is 2.00 bits per heavy atom. The highest BCUT2D eigenvalue weighted by molar-refractivity contribution is 5.92. The van der Waals surface area contributed by atoms with Gasteiger partial charge in [0.15, 0.2) is 0 Å². The molecule has 7 nitrogen and oxygen atoms in total. The number of hydrogen-bond donors (Lipinski definition) is 4. The molecule has 1 heterocycles. The summed E-state index contributed by atoms with van der Waals surface area (Å²) in [5.41, 5.74) is -0.638. The Balaban J connectivity index is 1.99. The predicted octanol–water partition coefficient (Wildman–Crippen LogP) is 0.858. The summed E-state index contributed by atoms with van der Waals surface area (Å²) in [5, 5.41) is 11.8. The summed E-state index contributed by atoms with van der Waals surface area (Å²) in [6.07, 6.45) is 6.08. The molecule has 0 bridgehead atoms. The number of aromatic nitrogens is 2. The number of carbonyl (C=O) groups is 2. The van der Waals surface area contributed by atoms with Crippen LogP contribution in [0.15, 0.2) is 11.0 Å². The first-order valence-corrected chi connectivity index (χ1v) is 6.78. The maximum Gasteiger partial charge on any atom is 0.323 e. The summed E-state index contributed by atoms with van der Waals surface area (Å²) in [7, 11) is 0. The van der Waals surface area contributed by atoms with E-state index in [1.54, 1.807) is 0 Å². The van der Waals surface area contributed by atoms with Gasteiger partial charge in [-0.3, -0.25) is 9.59 Å². The van der Waals surface area contributed by atoms with E-state index in [9.17, 15) is 14.4 Å². The van der Waals surface area contributed by atoms with Crippen molar-refractivity contribution in [2.24, 2.45) is 5.41 Å². The Morgan fingerprint density at radius 3 is 2.55 bits per heavy atom. The number of carboxylic acid groups (broad SMARTS) is 1. The molecule has 110 valence electrons. The average Bonchev–Trinajstić information content (AvgIpc) is 2.83. The molecule has 7 heteroatoms.